The fourth-order valence-electron chi connectivity index (χ4n) is 5.43. The van der Waals surface area contributed by atoms with E-state index in [2.05, 4.69) is 13.0 Å². The van der Waals surface area contributed by atoms with Gasteiger partial charge in [-0.3, -0.25) is 4.79 Å². The molecule has 0 bridgehead atoms. The average molecular weight is 363 g/mol. The first-order chi connectivity index (χ1) is 11.6. The first kappa shape index (κ1) is 18.4. The van der Waals surface area contributed by atoms with E-state index in [4.69, 9.17) is 11.6 Å². The van der Waals surface area contributed by atoms with Crippen LogP contribution in [0.4, 0.5) is 0 Å². The lowest BCUT2D eigenvalue weighted by atomic mass is 9.50. The summed E-state index contributed by atoms with van der Waals surface area (Å²) in [5.41, 5.74) is 2.96. The van der Waals surface area contributed by atoms with Gasteiger partial charge < -0.3 is 5.11 Å². The van der Waals surface area contributed by atoms with Crippen LogP contribution in [0.25, 0.3) is 0 Å². The van der Waals surface area contributed by atoms with Crippen molar-refractivity contribution in [3.63, 3.8) is 0 Å². The van der Waals surface area contributed by atoms with Crippen LogP contribution in [0.2, 0.25) is 0 Å². The summed E-state index contributed by atoms with van der Waals surface area (Å²) in [4.78, 5) is 24.1. The smallest absolute Gasteiger partial charge is 0.335 e. The maximum atomic E-state index is 12.2. The van der Waals surface area contributed by atoms with Crippen molar-refractivity contribution in [2.24, 2.45) is 11.3 Å². The van der Waals surface area contributed by atoms with Gasteiger partial charge in [-0.2, -0.15) is 0 Å². The lowest BCUT2D eigenvalue weighted by molar-refractivity contribution is -0.127. The molecule has 0 heterocycles. The molecule has 1 aromatic rings. The van der Waals surface area contributed by atoms with Gasteiger partial charge in [-0.05, 0) is 77.3 Å². The molecule has 3 nitrogen and oxygen atoms in total. The first-order valence-electron chi connectivity index (χ1n) is 9.22. The number of carboxylic acids is 1. The fourth-order valence-corrected chi connectivity index (χ4v) is 5.66. The van der Waals surface area contributed by atoms with E-state index in [0.717, 1.165) is 43.2 Å². The number of carbonyl (C=O) groups is 2. The molecule has 1 aromatic carbocycles. The highest BCUT2D eigenvalue weighted by Gasteiger charge is 2.54. The Kier molecular flexibility index (Phi) is 4.51. The topological polar surface area (TPSA) is 54.4 Å². The summed E-state index contributed by atoms with van der Waals surface area (Å²) in [7, 11) is 0. The molecule has 0 aliphatic heterocycles. The van der Waals surface area contributed by atoms with Gasteiger partial charge >= 0.3 is 5.97 Å². The van der Waals surface area contributed by atoms with Crippen molar-refractivity contribution < 1.29 is 14.7 Å². The molecule has 2 aliphatic carbocycles. The van der Waals surface area contributed by atoms with Gasteiger partial charge in [0.15, 0.2) is 0 Å². The molecular formula is C21H27ClO3. The van der Waals surface area contributed by atoms with Crippen LogP contribution in [0.15, 0.2) is 12.1 Å². The van der Waals surface area contributed by atoms with Gasteiger partial charge in [0.05, 0.1) is 5.56 Å². The van der Waals surface area contributed by atoms with Crippen LogP contribution >= 0.6 is 11.6 Å². The van der Waals surface area contributed by atoms with E-state index < -0.39 is 11.4 Å². The average Bonchev–Trinajstić information content (AvgIpc) is 2.53. The van der Waals surface area contributed by atoms with Crippen molar-refractivity contribution in [3.05, 3.63) is 34.4 Å². The van der Waals surface area contributed by atoms with Crippen molar-refractivity contribution in [3.8, 4) is 0 Å². The third-order valence-corrected chi connectivity index (χ3v) is 7.26. The number of hydrogen-bond acceptors (Lipinski definition) is 2. The van der Waals surface area contributed by atoms with Crippen molar-refractivity contribution >= 4 is 22.8 Å². The van der Waals surface area contributed by atoms with E-state index in [-0.39, 0.29) is 22.5 Å². The molecule has 1 N–H and O–H groups in total. The molecule has 136 valence electrons. The Morgan fingerprint density at radius 3 is 2.48 bits per heavy atom. The number of halogens is 1. The van der Waals surface area contributed by atoms with Crippen LogP contribution in [0.1, 0.15) is 86.3 Å². The van der Waals surface area contributed by atoms with Gasteiger partial charge in [-0.15, -0.1) is 0 Å². The molecule has 0 saturated heterocycles. The molecule has 0 spiro atoms. The first-order valence-corrected chi connectivity index (χ1v) is 9.59. The molecule has 4 heteroatoms. The van der Waals surface area contributed by atoms with Crippen LogP contribution < -0.4 is 0 Å². The Hall–Kier alpha value is -1.35. The summed E-state index contributed by atoms with van der Waals surface area (Å²) >= 11 is 6.02. The van der Waals surface area contributed by atoms with Crippen molar-refractivity contribution in [1.29, 1.82) is 0 Å². The molecule has 0 aromatic heterocycles. The maximum absolute atomic E-state index is 12.2. The summed E-state index contributed by atoms with van der Waals surface area (Å²) in [6, 6.07) is 3.99. The highest BCUT2D eigenvalue weighted by molar-refractivity contribution is 6.64. The minimum absolute atomic E-state index is 0.165. The van der Waals surface area contributed by atoms with Crippen LogP contribution in [0, 0.1) is 11.3 Å². The largest absolute Gasteiger partial charge is 0.478 e. The SMILES string of the molecule is CC(C)c1cc2c(cc1C(=O)O)C1(C)CCCC(C)(C(=O)Cl)C1CC2. The number of aryl methyl sites for hydroxylation is 1. The number of aromatic carboxylic acids is 1. The second-order valence-corrected chi connectivity index (χ2v) is 8.95. The Morgan fingerprint density at radius 2 is 1.92 bits per heavy atom. The molecule has 3 rings (SSSR count). The minimum Gasteiger partial charge on any atom is -0.478 e. The Labute approximate surface area is 154 Å². The fraction of sp³-hybridized carbons (Fsp3) is 0.619. The molecule has 1 fully saturated rings. The zero-order chi connectivity index (χ0) is 18.6. The van der Waals surface area contributed by atoms with Gasteiger partial charge in [0.25, 0.3) is 0 Å². The number of rotatable bonds is 3. The number of hydrogen-bond donors (Lipinski definition) is 1. The molecule has 0 amide bonds. The quantitative estimate of drug-likeness (QED) is 0.744. The molecule has 3 unspecified atom stereocenters. The summed E-state index contributed by atoms with van der Waals surface area (Å²) in [5.74, 6) is -0.537. The van der Waals surface area contributed by atoms with Gasteiger partial charge in [-0.25, -0.2) is 4.79 Å². The Morgan fingerprint density at radius 1 is 1.24 bits per heavy atom. The van der Waals surface area contributed by atoms with Crippen molar-refractivity contribution in [2.45, 2.75) is 71.1 Å². The monoisotopic (exact) mass is 362 g/mol. The number of carboxylic acid groups (broad SMARTS) is 1. The highest BCUT2D eigenvalue weighted by atomic mass is 35.5. The van der Waals surface area contributed by atoms with Crippen molar-refractivity contribution in [2.75, 3.05) is 0 Å². The third kappa shape index (κ3) is 2.71. The predicted molar refractivity (Wildman–Crippen MR) is 99.5 cm³/mol. The van der Waals surface area contributed by atoms with Crippen molar-refractivity contribution in [1.82, 2.24) is 0 Å². The van der Waals surface area contributed by atoms with Gasteiger partial charge in [0.1, 0.15) is 0 Å². The van der Waals surface area contributed by atoms with E-state index in [1.807, 2.05) is 26.8 Å². The van der Waals surface area contributed by atoms with Crippen LogP contribution in [0.3, 0.4) is 0 Å². The molecular weight excluding hydrogens is 336 g/mol. The second-order valence-electron chi connectivity index (χ2n) is 8.61. The maximum Gasteiger partial charge on any atom is 0.335 e. The van der Waals surface area contributed by atoms with Crippen LogP contribution in [-0.4, -0.2) is 16.3 Å². The summed E-state index contributed by atoms with van der Waals surface area (Å²) in [5, 5.41) is 9.47. The van der Waals surface area contributed by atoms with E-state index in [0.29, 0.717) is 5.56 Å². The third-order valence-electron chi connectivity index (χ3n) is 6.82. The van der Waals surface area contributed by atoms with Crippen LogP contribution in [0.5, 0.6) is 0 Å². The molecule has 25 heavy (non-hydrogen) atoms. The zero-order valence-electron chi connectivity index (χ0n) is 15.5. The van der Waals surface area contributed by atoms with E-state index in [1.165, 1.54) is 5.56 Å². The molecule has 0 radical (unpaired) electrons. The zero-order valence-corrected chi connectivity index (χ0v) is 16.2. The van der Waals surface area contributed by atoms with Gasteiger partial charge in [0.2, 0.25) is 5.24 Å². The van der Waals surface area contributed by atoms with E-state index >= 15 is 0 Å². The molecule has 3 atom stereocenters. The molecule has 2 aliphatic rings. The standard InChI is InChI=1S/C21H27ClO3/c1-12(2)14-10-13-6-7-17-20(3,16(13)11-15(14)18(23)24)8-5-9-21(17,4)19(22)25/h10-12,17H,5-9H2,1-4H3,(H,23,24). The molecule has 1 saturated carbocycles. The summed E-state index contributed by atoms with van der Waals surface area (Å²) in [6.07, 6.45) is 4.55. The minimum atomic E-state index is -0.871. The lowest BCUT2D eigenvalue weighted by Gasteiger charge is -2.54. The normalized spacial score (nSPS) is 31.4. The Bertz CT molecular complexity index is 739. The second kappa shape index (κ2) is 6.12. The number of carbonyl (C=O) groups excluding carboxylic acids is 1. The summed E-state index contributed by atoms with van der Waals surface area (Å²) < 4.78 is 0. The number of fused-ring (bicyclic) bond motifs is 3. The summed E-state index contributed by atoms with van der Waals surface area (Å²) in [6.45, 7) is 8.26. The number of benzene rings is 1. The van der Waals surface area contributed by atoms with Gasteiger partial charge in [-0.1, -0.05) is 40.2 Å². The van der Waals surface area contributed by atoms with E-state index in [1.54, 1.807) is 0 Å². The predicted octanol–water partition coefficient (Wildman–Crippen LogP) is 5.28. The van der Waals surface area contributed by atoms with E-state index in [9.17, 15) is 14.7 Å². The highest BCUT2D eigenvalue weighted by Crippen LogP contribution is 2.58. The van der Waals surface area contributed by atoms with Crippen LogP contribution in [-0.2, 0) is 16.6 Å². The lowest BCUT2D eigenvalue weighted by Crippen LogP contribution is -2.51. The Balaban J connectivity index is 2.19. The van der Waals surface area contributed by atoms with Gasteiger partial charge in [0, 0.05) is 5.41 Å².